The fourth-order valence-corrected chi connectivity index (χ4v) is 1.11. The molecule has 0 bridgehead atoms. The van der Waals surface area contributed by atoms with E-state index < -0.39 is 11.9 Å². The van der Waals surface area contributed by atoms with Crippen LogP contribution >= 0.6 is 0 Å². The monoisotopic (exact) mass is 262 g/mol. The average Bonchev–Trinajstić information content (AvgIpc) is 2.26. The van der Waals surface area contributed by atoms with Crippen LogP contribution in [0, 0.1) is 0 Å². The molecule has 0 saturated heterocycles. The van der Waals surface area contributed by atoms with Gasteiger partial charge in [0.05, 0.1) is 6.54 Å². The Kier molecular flexibility index (Phi) is 9.79. The minimum absolute atomic E-state index is 0.0731. The minimum Gasteiger partial charge on any atom is -0.473 e. The van der Waals surface area contributed by atoms with Gasteiger partial charge in [0.15, 0.2) is 0 Å². The van der Waals surface area contributed by atoms with Crippen LogP contribution in [0.3, 0.4) is 0 Å². The minimum atomic E-state index is -1.82. The van der Waals surface area contributed by atoms with Gasteiger partial charge in [-0.2, -0.15) is 0 Å². The van der Waals surface area contributed by atoms with Gasteiger partial charge in [-0.1, -0.05) is 19.8 Å². The third-order valence-corrected chi connectivity index (χ3v) is 2.00. The van der Waals surface area contributed by atoms with E-state index in [0.717, 1.165) is 19.3 Å². The maximum Gasteiger partial charge on any atom is 0.414 e. The number of hydrogen-bond acceptors (Lipinski definition) is 4. The summed E-state index contributed by atoms with van der Waals surface area (Å²) in [5, 5.41) is 17.7. The van der Waals surface area contributed by atoms with E-state index in [4.69, 9.17) is 25.5 Å². The molecule has 0 aromatic carbocycles. The largest absolute Gasteiger partial charge is 0.473 e. The van der Waals surface area contributed by atoms with Crippen LogP contribution in [0.5, 0.6) is 0 Å². The van der Waals surface area contributed by atoms with E-state index in [1.165, 1.54) is 0 Å². The zero-order chi connectivity index (χ0) is 14.8. The highest BCUT2D eigenvalue weighted by atomic mass is 16.4. The van der Waals surface area contributed by atoms with Gasteiger partial charge in [-0.15, -0.1) is 0 Å². The number of nitrogens with two attached hydrogens (primary N) is 1. The van der Waals surface area contributed by atoms with Crippen molar-refractivity contribution in [3.63, 3.8) is 0 Å². The molecule has 0 saturated carbocycles. The van der Waals surface area contributed by atoms with Crippen molar-refractivity contribution >= 4 is 17.8 Å². The molecule has 0 spiro atoms. The fourth-order valence-electron chi connectivity index (χ4n) is 1.11. The summed E-state index contributed by atoms with van der Waals surface area (Å²) in [6, 6.07) is 0. The molecule has 0 rings (SSSR count). The van der Waals surface area contributed by atoms with E-state index in [1.807, 2.05) is 13.8 Å². The number of carboxylic acids is 2. The zero-order valence-electron chi connectivity index (χ0n) is 11.0. The lowest BCUT2D eigenvalue weighted by Crippen LogP contribution is -2.45. The van der Waals surface area contributed by atoms with Crippen LogP contribution in [0.2, 0.25) is 0 Å². The average molecular weight is 262 g/mol. The van der Waals surface area contributed by atoms with Gasteiger partial charge in [0, 0.05) is 5.54 Å². The van der Waals surface area contributed by atoms with Crippen molar-refractivity contribution in [3.8, 4) is 0 Å². The van der Waals surface area contributed by atoms with Crippen LogP contribution in [0.25, 0.3) is 0 Å². The summed E-state index contributed by atoms with van der Waals surface area (Å²) >= 11 is 0. The summed E-state index contributed by atoms with van der Waals surface area (Å²) in [5.41, 5.74) is 5.09. The summed E-state index contributed by atoms with van der Waals surface area (Å²) < 4.78 is 0. The first-order valence-electron chi connectivity index (χ1n) is 5.63. The van der Waals surface area contributed by atoms with Crippen molar-refractivity contribution in [2.45, 2.75) is 45.6 Å². The standard InChI is InChI=1S/C9H20N2O.C2H2O4/c1-4-5-6-9(2,3)11-8(12)7-10;3-1(4)2(5)6/h4-7,10H2,1-3H3,(H,11,12);(H,3,4)(H,5,6). The number of aliphatic carboxylic acids is 2. The number of amides is 1. The first-order valence-corrected chi connectivity index (χ1v) is 5.63. The van der Waals surface area contributed by atoms with Crippen LogP contribution in [0.15, 0.2) is 0 Å². The van der Waals surface area contributed by atoms with Crippen LogP contribution in [-0.4, -0.2) is 40.1 Å². The van der Waals surface area contributed by atoms with Gasteiger partial charge in [-0.05, 0) is 20.3 Å². The Morgan fingerprint density at radius 2 is 1.61 bits per heavy atom. The van der Waals surface area contributed by atoms with E-state index in [2.05, 4.69) is 12.2 Å². The molecular formula is C11H22N2O5. The summed E-state index contributed by atoms with van der Waals surface area (Å²) in [5.74, 6) is -3.72. The highest BCUT2D eigenvalue weighted by molar-refractivity contribution is 6.27. The second-order valence-electron chi connectivity index (χ2n) is 4.35. The first-order chi connectivity index (χ1) is 8.16. The number of carboxylic acid groups (broad SMARTS) is 2. The Morgan fingerprint density at radius 3 is 1.89 bits per heavy atom. The van der Waals surface area contributed by atoms with Crippen LogP contribution in [0.1, 0.15) is 40.0 Å². The van der Waals surface area contributed by atoms with E-state index >= 15 is 0 Å². The quantitative estimate of drug-likeness (QED) is 0.523. The van der Waals surface area contributed by atoms with Crippen LogP contribution in [0.4, 0.5) is 0 Å². The molecule has 0 fully saturated rings. The highest BCUT2D eigenvalue weighted by Gasteiger charge is 2.18. The number of rotatable bonds is 5. The summed E-state index contributed by atoms with van der Waals surface area (Å²) in [7, 11) is 0. The molecule has 106 valence electrons. The molecule has 1 amide bonds. The lowest BCUT2D eigenvalue weighted by atomic mass is 9.97. The van der Waals surface area contributed by atoms with Gasteiger partial charge >= 0.3 is 11.9 Å². The summed E-state index contributed by atoms with van der Waals surface area (Å²) in [6.45, 7) is 6.27. The van der Waals surface area contributed by atoms with Crippen molar-refractivity contribution in [2.24, 2.45) is 5.73 Å². The molecule has 0 radical (unpaired) electrons. The molecular weight excluding hydrogens is 240 g/mol. The van der Waals surface area contributed by atoms with Gasteiger partial charge in [0.1, 0.15) is 0 Å². The van der Waals surface area contributed by atoms with Crippen molar-refractivity contribution < 1.29 is 24.6 Å². The maximum atomic E-state index is 11.0. The predicted octanol–water partition coefficient (Wildman–Crippen LogP) is 0.186. The zero-order valence-corrected chi connectivity index (χ0v) is 11.0. The highest BCUT2D eigenvalue weighted by Crippen LogP contribution is 2.11. The molecule has 0 atom stereocenters. The van der Waals surface area contributed by atoms with Crippen molar-refractivity contribution in [1.82, 2.24) is 5.32 Å². The van der Waals surface area contributed by atoms with E-state index in [9.17, 15) is 4.79 Å². The molecule has 7 heteroatoms. The van der Waals surface area contributed by atoms with Crippen LogP contribution in [-0.2, 0) is 14.4 Å². The number of carbonyl (C=O) groups excluding carboxylic acids is 1. The number of unbranched alkanes of at least 4 members (excludes halogenated alkanes) is 1. The van der Waals surface area contributed by atoms with Gasteiger partial charge in [0.2, 0.25) is 5.91 Å². The van der Waals surface area contributed by atoms with E-state index in [0.29, 0.717) is 0 Å². The topological polar surface area (TPSA) is 130 Å². The molecule has 0 unspecified atom stereocenters. The number of nitrogens with one attached hydrogen (secondary N) is 1. The number of hydrogen-bond donors (Lipinski definition) is 4. The van der Waals surface area contributed by atoms with E-state index in [-0.39, 0.29) is 18.0 Å². The molecule has 0 aliphatic carbocycles. The summed E-state index contributed by atoms with van der Waals surface area (Å²) in [4.78, 5) is 29.2. The molecule has 0 aliphatic rings. The SMILES string of the molecule is CCCCC(C)(C)NC(=O)CN.O=C(O)C(=O)O. The third-order valence-electron chi connectivity index (χ3n) is 2.00. The Labute approximate surface area is 106 Å². The normalized spacial score (nSPS) is 10.0. The molecule has 0 heterocycles. The number of carbonyl (C=O) groups is 3. The smallest absolute Gasteiger partial charge is 0.414 e. The van der Waals surface area contributed by atoms with Gasteiger partial charge < -0.3 is 21.3 Å². The molecule has 0 aromatic heterocycles. The molecule has 5 N–H and O–H groups in total. The van der Waals surface area contributed by atoms with Gasteiger partial charge in [-0.3, -0.25) is 4.79 Å². The van der Waals surface area contributed by atoms with Gasteiger partial charge in [-0.25, -0.2) is 9.59 Å². The second kappa shape index (κ2) is 9.41. The molecule has 7 nitrogen and oxygen atoms in total. The molecule has 18 heavy (non-hydrogen) atoms. The Balaban J connectivity index is 0. The molecule has 0 aromatic rings. The predicted molar refractivity (Wildman–Crippen MR) is 66.1 cm³/mol. The lowest BCUT2D eigenvalue weighted by molar-refractivity contribution is -0.159. The van der Waals surface area contributed by atoms with E-state index in [1.54, 1.807) is 0 Å². The van der Waals surface area contributed by atoms with Gasteiger partial charge in [0.25, 0.3) is 0 Å². The van der Waals surface area contributed by atoms with Crippen molar-refractivity contribution in [2.75, 3.05) is 6.54 Å². The maximum absolute atomic E-state index is 11.0. The van der Waals surface area contributed by atoms with Crippen molar-refractivity contribution in [3.05, 3.63) is 0 Å². The van der Waals surface area contributed by atoms with Crippen molar-refractivity contribution in [1.29, 1.82) is 0 Å². The fraction of sp³-hybridized carbons (Fsp3) is 0.727. The third kappa shape index (κ3) is 12.4. The molecule has 0 aliphatic heterocycles. The first kappa shape index (κ1) is 18.7. The Hall–Kier alpha value is -1.63. The Morgan fingerprint density at radius 1 is 1.17 bits per heavy atom. The second-order valence-corrected chi connectivity index (χ2v) is 4.35. The van der Waals surface area contributed by atoms with Crippen LogP contribution < -0.4 is 11.1 Å². The Bertz CT molecular complexity index is 277. The lowest BCUT2D eigenvalue weighted by Gasteiger charge is -2.25. The summed E-state index contributed by atoms with van der Waals surface area (Å²) in [6.07, 6.45) is 3.30.